The predicted octanol–water partition coefficient (Wildman–Crippen LogP) is 3.66. The summed E-state index contributed by atoms with van der Waals surface area (Å²) in [5, 5.41) is 0. The summed E-state index contributed by atoms with van der Waals surface area (Å²) < 4.78 is 11.4. The van der Waals surface area contributed by atoms with Crippen LogP contribution in [0, 0.1) is 0 Å². The Hall–Kier alpha value is -0.340. The van der Waals surface area contributed by atoms with Gasteiger partial charge in [0.05, 0.1) is 6.10 Å². The highest BCUT2D eigenvalue weighted by molar-refractivity contribution is 4.66. The van der Waals surface area contributed by atoms with Crippen LogP contribution in [0.5, 0.6) is 0 Å². The van der Waals surface area contributed by atoms with E-state index in [4.69, 9.17) is 9.47 Å². The molecular weight excluding hydrogens is 188 g/mol. The lowest BCUT2D eigenvalue weighted by molar-refractivity contribution is -0.185. The molecule has 1 aliphatic rings. The van der Waals surface area contributed by atoms with Gasteiger partial charge < -0.3 is 9.47 Å². The molecule has 0 aromatic rings. The summed E-state index contributed by atoms with van der Waals surface area (Å²) in [6.45, 7) is 6.73. The molecule has 2 nitrogen and oxygen atoms in total. The highest BCUT2D eigenvalue weighted by Gasteiger charge is 2.16. The lowest BCUT2D eigenvalue weighted by atomic mass is 10.1. The van der Waals surface area contributed by atoms with Gasteiger partial charge in [-0.05, 0) is 45.4 Å². The van der Waals surface area contributed by atoms with Gasteiger partial charge in [0.2, 0.25) is 0 Å². The second kappa shape index (κ2) is 7.89. The SMILES string of the molecule is C=CCCCCC(C)OC1CCCCO1. The van der Waals surface area contributed by atoms with Crippen molar-refractivity contribution in [2.45, 2.75) is 64.3 Å². The molecule has 0 amide bonds. The van der Waals surface area contributed by atoms with Crippen LogP contribution >= 0.6 is 0 Å². The van der Waals surface area contributed by atoms with E-state index in [1.54, 1.807) is 0 Å². The van der Waals surface area contributed by atoms with Crippen molar-refractivity contribution in [3.8, 4) is 0 Å². The third-order valence-corrected chi connectivity index (χ3v) is 2.79. The van der Waals surface area contributed by atoms with Gasteiger partial charge in [0.15, 0.2) is 6.29 Å². The fourth-order valence-electron chi connectivity index (χ4n) is 1.87. The van der Waals surface area contributed by atoms with Crippen molar-refractivity contribution in [3.63, 3.8) is 0 Å². The van der Waals surface area contributed by atoms with Crippen LogP contribution in [-0.2, 0) is 9.47 Å². The highest BCUT2D eigenvalue weighted by atomic mass is 16.7. The van der Waals surface area contributed by atoms with E-state index in [9.17, 15) is 0 Å². The van der Waals surface area contributed by atoms with Crippen LogP contribution in [0.3, 0.4) is 0 Å². The number of ether oxygens (including phenoxy) is 2. The molecule has 0 saturated carbocycles. The van der Waals surface area contributed by atoms with Gasteiger partial charge in [-0.3, -0.25) is 0 Å². The van der Waals surface area contributed by atoms with E-state index in [1.807, 2.05) is 6.08 Å². The molecule has 1 saturated heterocycles. The number of hydrogen-bond donors (Lipinski definition) is 0. The zero-order chi connectivity index (χ0) is 10.9. The first kappa shape index (κ1) is 12.7. The smallest absolute Gasteiger partial charge is 0.157 e. The van der Waals surface area contributed by atoms with Crippen molar-refractivity contribution < 1.29 is 9.47 Å². The Morgan fingerprint density at radius 2 is 2.33 bits per heavy atom. The quantitative estimate of drug-likeness (QED) is 0.473. The van der Waals surface area contributed by atoms with Crippen LogP contribution in [0.2, 0.25) is 0 Å². The van der Waals surface area contributed by atoms with E-state index in [-0.39, 0.29) is 6.29 Å². The largest absolute Gasteiger partial charge is 0.353 e. The van der Waals surface area contributed by atoms with Crippen molar-refractivity contribution in [2.75, 3.05) is 6.61 Å². The summed E-state index contributed by atoms with van der Waals surface area (Å²) in [7, 11) is 0. The average molecular weight is 212 g/mol. The molecule has 88 valence electrons. The van der Waals surface area contributed by atoms with Gasteiger partial charge in [0, 0.05) is 6.61 Å². The van der Waals surface area contributed by atoms with Crippen LogP contribution in [0.25, 0.3) is 0 Å². The summed E-state index contributed by atoms with van der Waals surface area (Å²) in [5.74, 6) is 0. The molecule has 0 N–H and O–H groups in total. The van der Waals surface area contributed by atoms with Gasteiger partial charge in [0.1, 0.15) is 0 Å². The molecule has 0 spiro atoms. The fraction of sp³-hybridized carbons (Fsp3) is 0.846. The van der Waals surface area contributed by atoms with Crippen molar-refractivity contribution in [1.29, 1.82) is 0 Å². The minimum absolute atomic E-state index is 0.0631. The molecule has 0 aromatic heterocycles. The summed E-state index contributed by atoms with van der Waals surface area (Å²) in [5.41, 5.74) is 0. The maximum atomic E-state index is 5.82. The summed E-state index contributed by atoms with van der Waals surface area (Å²) in [6.07, 6.45) is 10.6. The first-order chi connectivity index (χ1) is 7.33. The Bertz CT molecular complexity index is 162. The molecule has 0 radical (unpaired) electrons. The van der Waals surface area contributed by atoms with E-state index in [2.05, 4.69) is 13.5 Å². The minimum Gasteiger partial charge on any atom is -0.353 e. The average Bonchev–Trinajstić information content (AvgIpc) is 2.26. The number of allylic oxidation sites excluding steroid dienone is 1. The number of rotatable bonds is 7. The van der Waals surface area contributed by atoms with E-state index < -0.39 is 0 Å². The summed E-state index contributed by atoms with van der Waals surface area (Å²) in [4.78, 5) is 0. The monoisotopic (exact) mass is 212 g/mol. The number of hydrogen-bond acceptors (Lipinski definition) is 2. The van der Waals surface area contributed by atoms with Crippen LogP contribution < -0.4 is 0 Å². The molecule has 2 atom stereocenters. The first-order valence-corrected chi connectivity index (χ1v) is 6.21. The first-order valence-electron chi connectivity index (χ1n) is 6.21. The van der Waals surface area contributed by atoms with Crippen LogP contribution in [0.15, 0.2) is 12.7 Å². The normalized spacial score (nSPS) is 23.7. The van der Waals surface area contributed by atoms with Crippen molar-refractivity contribution in [1.82, 2.24) is 0 Å². The molecule has 15 heavy (non-hydrogen) atoms. The van der Waals surface area contributed by atoms with Gasteiger partial charge in [-0.1, -0.05) is 12.5 Å². The molecule has 2 heteroatoms. The highest BCUT2D eigenvalue weighted by Crippen LogP contribution is 2.17. The lowest BCUT2D eigenvalue weighted by Crippen LogP contribution is -2.26. The third-order valence-electron chi connectivity index (χ3n) is 2.79. The maximum absolute atomic E-state index is 5.82. The Morgan fingerprint density at radius 3 is 3.00 bits per heavy atom. The van der Waals surface area contributed by atoms with Crippen molar-refractivity contribution in [2.24, 2.45) is 0 Å². The van der Waals surface area contributed by atoms with Crippen molar-refractivity contribution in [3.05, 3.63) is 12.7 Å². The predicted molar refractivity (Wildman–Crippen MR) is 62.8 cm³/mol. The van der Waals surface area contributed by atoms with Crippen LogP contribution in [-0.4, -0.2) is 19.0 Å². The summed E-state index contributed by atoms with van der Waals surface area (Å²) >= 11 is 0. The van der Waals surface area contributed by atoms with E-state index >= 15 is 0 Å². The van der Waals surface area contributed by atoms with E-state index in [1.165, 1.54) is 25.7 Å². The lowest BCUT2D eigenvalue weighted by Gasteiger charge is -2.26. The Morgan fingerprint density at radius 1 is 1.47 bits per heavy atom. The molecule has 1 aliphatic heterocycles. The van der Waals surface area contributed by atoms with Gasteiger partial charge in [-0.25, -0.2) is 0 Å². The molecule has 0 bridgehead atoms. The van der Waals surface area contributed by atoms with E-state index in [0.29, 0.717) is 6.10 Å². The zero-order valence-electron chi connectivity index (χ0n) is 9.91. The topological polar surface area (TPSA) is 18.5 Å². The molecule has 1 rings (SSSR count). The molecular formula is C13H24O2. The molecule has 2 unspecified atom stereocenters. The van der Waals surface area contributed by atoms with Crippen LogP contribution in [0.1, 0.15) is 51.9 Å². The van der Waals surface area contributed by atoms with Gasteiger partial charge in [-0.2, -0.15) is 0 Å². The second-order valence-electron chi connectivity index (χ2n) is 4.32. The van der Waals surface area contributed by atoms with Gasteiger partial charge in [0.25, 0.3) is 0 Å². The molecule has 1 fully saturated rings. The van der Waals surface area contributed by atoms with Gasteiger partial charge in [-0.15, -0.1) is 6.58 Å². The van der Waals surface area contributed by atoms with Gasteiger partial charge >= 0.3 is 0 Å². The number of unbranched alkanes of at least 4 members (excludes halogenated alkanes) is 2. The van der Waals surface area contributed by atoms with Crippen molar-refractivity contribution >= 4 is 0 Å². The molecule has 0 aromatic carbocycles. The van der Waals surface area contributed by atoms with E-state index in [0.717, 1.165) is 25.9 Å². The summed E-state index contributed by atoms with van der Waals surface area (Å²) in [6, 6.07) is 0. The Balaban J connectivity index is 2.01. The third kappa shape index (κ3) is 5.95. The van der Waals surface area contributed by atoms with Crippen LogP contribution in [0.4, 0.5) is 0 Å². The Labute approximate surface area is 93.7 Å². The minimum atomic E-state index is 0.0631. The molecule has 1 heterocycles. The Kier molecular flexibility index (Phi) is 6.69. The zero-order valence-corrected chi connectivity index (χ0v) is 9.91. The standard InChI is InChI=1S/C13H24O2/c1-3-4-5-6-9-12(2)15-13-10-7-8-11-14-13/h3,12-13H,1,4-11H2,2H3. The second-order valence-corrected chi connectivity index (χ2v) is 4.32. The fourth-order valence-corrected chi connectivity index (χ4v) is 1.87. The maximum Gasteiger partial charge on any atom is 0.157 e. The molecule has 0 aliphatic carbocycles.